The first kappa shape index (κ1) is 30.1. The molecular formula is C34H31BrN2O6S. The fourth-order valence-corrected chi connectivity index (χ4v) is 7.13. The van der Waals surface area contributed by atoms with Crippen molar-refractivity contribution in [1.29, 1.82) is 0 Å². The summed E-state index contributed by atoms with van der Waals surface area (Å²) in [4.78, 5) is 21.5. The second-order valence-corrected chi connectivity index (χ2v) is 13.8. The number of amides is 1. The van der Waals surface area contributed by atoms with Gasteiger partial charge in [0.2, 0.25) is 5.90 Å². The van der Waals surface area contributed by atoms with Crippen molar-refractivity contribution >= 4 is 43.3 Å². The number of aliphatic hydroxyl groups is 1. The number of carbonyl (C=O) groups excluding carboxylic acids is 1. The molecule has 10 heteroatoms. The zero-order valence-corrected chi connectivity index (χ0v) is 26.2. The van der Waals surface area contributed by atoms with Crippen molar-refractivity contribution in [3.63, 3.8) is 0 Å². The summed E-state index contributed by atoms with van der Waals surface area (Å²) in [6, 6.07) is 30.7. The smallest absolute Gasteiger partial charge is 0.259 e. The Hall–Kier alpha value is -3.99. The van der Waals surface area contributed by atoms with E-state index in [1.54, 1.807) is 47.4 Å². The average Bonchev–Trinajstić information content (AvgIpc) is 3.44. The molecule has 0 bridgehead atoms. The molecule has 8 nitrogen and oxygen atoms in total. The molecule has 1 N–H and O–H groups in total. The van der Waals surface area contributed by atoms with Crippen molar-refractivity contribution in [3.8, 4) is 5.75 Å². The molecule has 0 spiro atoms. The lowest BCUT2D eigenvalue weighted by atomic mass is 9.78. The van der Waals surface area contributed by atoms with E-state index in [-0.39, 0.29) is 36.1 Å². The van der Waals surface area contributed by atoms with Crippen molar-refractivity contribution in [2.45, 2.75) is 29.4 Å². The van der Waals surface area contributed by atoms with Gasteiger partial charge in [-0.3, -0.25) is 4.79 Å². The Balaban J connectivity index is 1.39. The van der Waals surface area contributed by atoms with Crippen LogP contribution in [0.25, 0.3) is 0 Å². The van der Waals surface area contributed by atoms with Crippen molar-refractivity contribution in [3.05, 3.63) is 124 Å². The van der Waals surface area contributed by atoms with E-state index in [4.69, 9.17) is 19.6 Å². The summed E-state index contributed by atoms with van der Waals surface area (Å²) in [6.07, 6.45) is 0.0707. The summed E-state index contributed by atoms with van der Waals surface area (Å²) in [5.41, 5.74) is 1.60. The third-order valence-corrected chi connectivity index (χ3v) is 10.1. The van der Waals surface area contributed by atoms with Gasteiger partial charge in [0.25, 0.3) is 5.91 Å². The standard InChI is InChI=1S/C34H31BrN2O6S/c35-26-15-11-24(12-16-26)23-34-31(43-32(36-34)25-13-17-27(18-14-25)42-21-6-20-38)29-9-4-5-10-30(29)37(33(34)39)19-22-44(40,41)28-7-2-1-3-8-28/h1-5,7-18,31,38H,6,19-23H2/t31-,34-/m0/s1. The van der Waals surface area contributed by atoms with Crippen LogP contribution in [0.4, 0.5) is 5.69 Å². The van der Waals surface area contributed by atoms with E-state index >= 15 is 0 Å². The van der Waals surface area contributed by atoms with Crippen LogP contribution in [-0.4, -0.2) is 56.4 Å². The first-order valence-corrected chi connectivity index (χ1v) is 16.8. The zero-order valence-electron chi connectivity index (χ0n) is 23.8. The number of rotatable bonds is 11. The molecule has 2 aliphatic heterocycles. The summed E-state index contributed by atoms with van der Waals surface area (Å²) in [7, 11) is -3.65. The van der Waals surface area contributed by atoms with E-state index in [0.29, 0.717) is 35.9 Å². The van der Waals surface area contributed by atoms with Crippen LogP contribution >= 0.6 is 15.9 Å². The molecule has 2 heterocycles. The highest BCUT2D eigenvalue weighted by Crippen LogP contribution is 2.50. The Morgan fingerprint density at radius 2 is 1.64 bits per heavy atom. The van der Waals surface area contributed by atoms with Crippen LogP contribution in [-0.2, 0) is 25.8 Å². The Kier molecular flexibility index (Phi) is 8.57. The van der Waals surface area contributed by atoms with Crippen LogP contribution in [0.2, 0.25) is 0 Å². The van der Waals surface area contributed by atoms with Gasteiger partial charge in [-0.05, 0) is 60.2 Å². The highest BCUT2D eigenvalue weighted by atomic mass is 79.9. The summed E-state index contributed by atoms with van der Waals surface area (Å²) >= 11 is 3.49. The third kappa shape index (κ3) is 5.89. The number of aliphatic hydroxyl groups excluding tert-OH is 1. The number of aliphatic imine (C=N–C) groups is 1. The average molecular weight is 676 g/mol. The summed E-state index contributed by atoms with van der Waals surface area (Å²) < 4.78 is 39.6. The molecule has 0 saturated heterocycles. The van der Waals surface area contributed by atoms with E-state index in [0.717, 1.165) is 15.6 Å². The van der Waals surface area contributed by atoms with Gasteiger partial charge in [-0.1, -0.05) is 64.5 Å². The van der Waals surface area contributed by atoms with Crippen LogP contribution in [0.1, 0.15) is 29.2 Å². The third-order valence-electron chi connectivity index (χ3n) is 7.84. The number of sulfone groups is 1. The quantitative estimate of drug-likeness (QED) is 0.210. The van der Waals surface area contributed by atoms with Crippen molar-refractivity contribution in [1.82, 2.24) is 0 Å². The number of anilines is 1. The molecule has 0 radical (unpaired) electrons. The van der Waals surface area contributed by atoms with Crippen molar-refractivity contribution in [2.75, 3.05) is 30.4 Å². The first-order chi connectivity index (χ1) is 21.3. The van der Waals surface area contributed by atoms with Crippen molar-refractivity contribution < 1.29 is 27.8 Å². The number of carbonyl (C=O) groups is 1. The topological polar surface area (TPSA) is 106 Å². The fraction of sp³-hybridized carbons (Fsp3) is 0.235. The minimum Gasteiger partial charge on any atom is -0.494 e. The minimum absolute atomic E-state index is 0.0351. The van der Waals surface area contributed by atoms with Gasteiger partial charge in [-0.25, -0.2) is 13.4 Å². The van der Waals surface area contributed by atoms with Gasteiger partial charge in [-0.2, -0.15) is 0 Å². The molecule has 4 aromatic carbocycles. The van der Waals surface area contributed by atoms with Crippen molar-refractivity contribution in [2.24, 2.45) is 4.99 Å². The molecule has 0 unspecified atom stereocenters. The molecule has 4 aromatic rings. The molecule has 44 heavy (non-hydrogen) atoms. The van der Waals surface area contributed by atoms with E-state index < -0.39 is 21.5 Å². The molecule has 1 amide bonds. The maximum atomic E-state index is 14.7. The van der Waals surface area contributed by atoms with Crippen LogP contribution in [0.5, 0.6) is 5.75 Å². The number of halogens is 1. The van der Waals surface area contributed by atoms with Gasteiger partial charge in [-0.15, -0.1) is 0 Å². The second kappa shape index (κ2) is 12.6. The zero-order chi connectivity index (χ0) is 30.7. The number of hydrogen-bond acceptors (Lipinski definition) is 7. The lowest BCUT2D eigenvalue weighted by Crippen LogP contribution is -2.56. The molecule has 0 saturated carbocycles. The number of nitrogens with zero attached hydrogens (tertiary/aromatic N) is 2. The van der Waals surface area contributed by atoms with Gasteiger partial charge < -0.3 is 19.5 Å². The lowest BCUT2D eigenvalue weighted by molar-refractivity contribution is -0.127. The molecule has 2 atom stereocenters. The highest BCUT2D eigenvalue weighted by Gasteiger charge is 2.58. The molecule has 0 fully saturated rings. The number of ether oxygens (including phenoxy) is 2. The van der Waals surface area contributed by atoms with Gasteiger partial charge in [0, 0.05) is 41.6 Å². The van der Waals surface area contributed by atoms with Crippen LogP contribution in [0.3, 0.4) is 0 Å². The monoisotopic (exact) mass is 674 g/mol. The van der Waals surface area contributed by atoms with E-state index in [1.165, 1.54) is 0 Å². The Morgan fingerprint density at radius 3 is 2.36 bits per heavy atom. The van der Waals surface area contributed by atoms with Crippen LogP contribution < -0.4 is 9.64 Å². The molecule has 0 aromatic heterocycles. The van der Waals surface area contributed by atoms with E-state index in [2.05, 4.69) is 15.9 Å². The second-order valence-electron chi connectivity index (χ2n) is 10.7. The van der Waals surface area contributed by atoms with Gasteiger partial charge in [0.15, 0.2) is 21.5 Å². The van der Waals surface area contributed by atoms with E-state index in [9.17, 15) is 13.2 Å². The fourth-order valence-electron chi connectivity index (χ4n) is 5.64. The number of para-hydroxylation sites is 1. The maximum absolute atomic E-state index is 14.7. The Bertz CT molecular complexity index is 1780. The SMILES string of the molecule is O=C1N(CCS(=O)(=O)c2ccccc2)c2ccccc2[C@@H]2OC(c3ccc(OCCCO)cc3)=N[C@]12Cc1ccc(Br)cc1. The predicted molar refractivity (Wildman–Crippen MR) is 172 cm³/mol. The predicted octanol–water partition coefficient (Wildman–Crippen LogP) is 5.53. The van der Waals surface area contributed by atoms with Gasteiger partial charge >= 0.3 is 0 Å². The highest BCUT2D eigenvalue weighted by molar-refractivity contribution is 9.10. The molecule has 0 aliphatic carbocycles. The number of fused-ring (bicyclic) bond motifs is 3. The molecule has 2 aliphatic rings. The summed E-state index contributed by atoms with van der Waals surface area (Å²) in [5.74, 6) is 0.419. The lowest BCUT2D eigenvalue weighted by Gasteiger charge is -2.41. The van der Waals surface area contributed by atoms with Crippen LogP contribution in [0, 0.1) is 0 Å². The molecule has 6 rings (SSSR count). The molecule has 226 valence electrons. The minimum atomic E-state index is -3.65. The van der Waals surface area contributed by atoms with Crippen LogP contribution in [0.15, 0.2) is 117 Å². The number of hydrogen-bond donors (Lipinski definition) is 1. The Morgan fingerprint density at radius 1 is 0.932 bits per heavy atom. The number of benzene rings is 4. The summed E-state index contributed by atoms with van der Waals surface area (Å²) in [5, 5.41) is 9.04. The van der Waals surface area contributed by atoms with E-state index in [1.807, 2.05) is 60.7 Å². The van der Waals surface area contributed by atoms with Gasteiger partial charge in [0.1, 0.15) is 5.75 Å². The van der Waals surface area contributed by atoms with Gasteiger partial charge in [0.05, 0.1) is 22.9 Å². The first-order valence-electron chi connectivity index (χ1n) is 14.3. The maximum Gasteiger partial charge on any atom is 0.259 e. The molecular weight excluding hydrogens is 644 g/mol. The summed E-state index contributed by atoms with van der Waals surface area (Å²) in [6.45, 7) is 0.411. The largest absolute Gasteiger partial charge is 0.494 e. The Labute approximate surface area is 265 Å². The normalized spacial score (nSPS) is 19.1.